The van der Waals surface area contributed by atoms with Crippen LogP contribution < -0.4 is 24.8 Å². The first kappa shape index (κ1) is 24.4. The number of benzene rings is 3. The topological polar surface area (TPSA) is 132 Å². The van der Waals surface area contributed by atoms with E-state index in [2.05, 4.69) is 10.6 Å². The van der Waals surface area contributed by atoms with Gasteiger partial charge >= 0.3 is 11.7 Å². The third kappa shape index (κ3) is 4.61. The van der Waals surface area contributed by atoms with E-state index in [0.717, 1.165) is 5.56 Å². The molecule has 0 fully saturated rings. The van der Waals surface area contributed by atoms with Crippen LogP contribution in [0, 0.1) is 10.1 Å². The lowest BCUT2D eigenvalue weighted by atomic mass is 9.87. The monoisotopic (exact) mass is 491 g/mol. The van der Waals surface area contributed by atoms with Gasteiger partial charge in [0.1, 0.15) is 0 Å². The van der Waals surface area contributed by atoms with E-state index in [1.807, 2.05) is 30.3 Å². The molecule has 10 heteroatoms. The molecule has 3 N–H and O–H groups in total. The molecule has 0 saturated carbocycles. The van der Waals surface area contributed by atoms with Crippen molar-refractivity contribution >= 4 is 23.0 Å². The number of phenolic OH excluding ortho intramolecular Hbond substituents is 1. The van der Waals surface area contributed by atoms with Crippen LogP contribution in [0.2, 0.25) is 0 Å². The number of aromatic hydroxyl groups is 1. The SMILES string of the molecule is CCOc1cc(C2NC(=O)NC(c3ccc(OC)c(OC)c3)=C2c2ccccc2)cc([N+](=O)[O-])c1O. The molecular weight excluding hydrogens is 466 g/mol. The number of phenols is 1. The zero-order valence-corrected chi connectivity index (χ0v) is 19.9. The van der Waals surface area contributed by atoms with E-state index in [1.165, 1.54) is 26.4 Å². The van der Waals surface area contributed by atoms with E-state index in [0.29, 0.717) is 33.9 Å². The van der Waals surface area contributed by atoms with Crippen LogP contribution in [-0.2, 0) is 0 Å². The van der Waals surface area contributed by atoms with Crippen LogP contribution in [0.25, 0.3) is 11.3 Å². The third-order valence-corrected chi connectivity index (χ3v) is 5.74. The Kier molecular flexibility index (Phi) is 6.95. The molecule has 10 nitrogen and oxygen atoms in total. The second-order valence-electron chi connectivity index (χ2n) is 7.83. The van der Waals surface area contributed by atoms with E-state index in [4.69, 9.17) is 14.2 Å². The molecule has 1 aliphatic heterocycles. The number of hydrogen-bond donors (Lipinski definition) is 3. The molecule has 1 aliphatic rings. The number of ether oxygens (including phenoxy) is 3. The summed E-state index contributed by atoms with van der Waals surface area (Å²) in [5.74, 6) is 0.374. The van der Waals surface area contributed by atoms with Crippen LogP contribution in [0.3, 0.4) is 0 Å². The van der Waals surface area contributed by atoms with Gasteiger partial charge in [-0.05, 0) is 42.3 Å². The van der Waals surface area contributed by atoms with Gasteiger partial charge in [-0.15, -0.1) is 0 Å². The number of rotatable bonds is 8. The first-order valence-electron chi connectivity index (χ1n) is 11.1. The van der Waals surface area contributed by atoms with Gasteiger partial charge in [0, 0.05) is 17.2 Å². The highest BCUT2D eigenvalue weighted by atomic mass is 16.6. The molecule has 0 aromatic heterocycles. The average Bonchev–Trinajstić information content (AvgIpc) is 2.89. The summed E-state index contributed by atoms with van der Waals surface area (Å²) in [4.78, 5) is 23.9. The first-order valence-corrected chi connectivity index (χ1v) is 11.1. The molecule has 1 unspecified atom stereocenters. The van der Waals surface area contributed by atoms with Crippen LogP contribution in [0.5, 0.6) is 23.0 Å². The predicted molar refractivity (Wildman–Crippen MR) is 133 cm³/mol. The number of methoxy groups -OCH3 is 2. The fourth-order valence-corrected chi connectivity index (χ4v) is 4.15. The van der Waals surface area contributed by atoms with E-state index in [-0.39, 0.29) is 12.4 Å². The van der Waals surface area contributed by atoms with Gasteiger partial charge in [0.25, 0.3) is 0 Å². The number of carbonyl (C=O) groups excluding carboxylic acids is 1. The third-order valence-electron chi connectivity index (χ3n) is 5.74. The van der Waals surface area contributed by atoms with Crippen LogP contribution in [0.1, 0.15) is 29.7 Å². The maximum Gasteiger partial charge on any atom is 0.320 e. The minimum atomic E-state index is -0.803. The lowest BCUT2D eigenvalue weighted by molar-refractivity contribution is -0.386. The summed E-state index contributed by atoms with van der Waals surface area (Å²) in [5.41, 5.74) is 2.41. The van der Waals surface area contributed by atoms with E-state index >= 15 is 0 Å². The number of nitro groups is 1. The molecule has 1 heterocycles. The quantitative estimate of drug-likeness (QED) is 0.309. The van der Waals surface area contributed by atoms with Gasteiger partial charge in [-0.1, -0.05) is 30.3 Å². The molecule has 0 bridgehead atoms. The number of nitrogens with one attached hydrogen (secondary N) is 2. The Morgan fingerprint density at radius 3 is 2.33 bits per heavy atom. The lowest BCUT2D eigenvalue weighted by Gasteiger charge is -2.31. The first-order chi connectivity index (χ1) is 17.4. The number of hydrogen-bond acceptors (Lipinski definition) is 7. The van der Waals surface area contributed by atoms with Crippen LogP contribution >= 0.6 is 0 Å². The van der Waals surface area contributed by atoms with Gasteiger partial charge in [-0.2, -0.15) is 0 Å². The molecule has 186 valence electrons. The normalized spacial score (nSPS) is 15.1. The molecule has 0 radical (unpaired) electrons. The summed E-state index contributed by atoms with van der Waals surface area (Å²) < 4.78 is 16.3. The zero-order valence-electron chi connectivity index (χ0n) is 19.9. The molecule has 1 atom stereocenters. The van der Waals surface area contributed by atoms with Gasteiger partial charge in [-0.25, -0.2) is 4.79 Å². The fraction of sp³-hybridized carbons (Fsp3) is 0.192. The van der Waals surface area contributed by atoms with Crippen LogP contribution in [0.4, 0.5) is 10.5 Å². The largest absolute Gasteiger partial charge is 0.500 e. The van der Waals surface area contributed by atoms with Crippen LogP contribution in [-0.4, -0.2) is 36.9 Å². The molecule has 0 aliphatic carbocycles. The molecule has 0 saturated heterocycles. The van der Waals surface area contributed by atoms with Crippen LogP contribution in [0.15, 0.2) is 60.7 Å². The van der Waals surface area contributed by atoms with Crippen molar-refractivity contribution in [1.82, 2.24) is 10.6 Å². The minimum absolute atomic E-state index is 0.0467. The Labute approximate surface area is 207 Å². The van der Waals surface area contributed by atoms with E-state index < -0.39 is 28.4 Å². The van der Waals surface area contributed by atoms with Crippen molar-refractivity contribution in [2.24, 2.45) is 0 Å². The smallest absolute Gasteiger partial charge is 0.320 e. The Morgan fingerprint density at radius 2 is 1.69 bits per heavy atom. The standard InChI is InChI=1S/C26H25N3O7/c1-4-36-21-14-17(12-18(25(21)30)29(32)33)24-22(15-8-6-5-7-9-15)23(27-26(31)28-24)16-10-11-19(34-2)20(13-16)35-3/h5-14,24,30H,4H2,1-3H3,(H2,27,28,31). The molecule has 36 heavy (non-hydrogen) atoms. The summed E-state index contributed by atoms with van der Waals surface area (Å²) in [6.45, 7) is 1.89. The molecular formula is C26H25N3O7. The Morgan fingerprint density at radius 1 is 0.972 bits per heavy atom. The Bertz CT molecular complexity index is 1340. The van der Waals surface area contributed by atoms with Crippen molar-refractivity contribution in [3.05, 3.63) is 87.5 Å². The second kappa shape index (κ2) is 10.3. The van der Waals surface area contributed by atoms with Gasteiger partial charge in [0.15, 0.2) is 17.2 Å². The summed E-state index contributed by atoms with van der Waals surface area (Å²) in [6, 6.07) is 16.0. The number of urea groups is 1. The predicted octanol–water partition coefficient (Wildman–Crippen LogP) is 4.64. The van der Waals surface area contributed by atoms with Gasteiger partial charge < -0.3 is 30.0 Å². The van der Waals surface area contributed by atoms with E-state index in [9.17, 15) is 20.0 Å². The fourth-order valence-electron chi connectivity index (χ4n) is 4.15. The van der Waals surface area contributed by atoms with Crippen molar-refractivity contribution in [2.45, 2.75) is 13.0 Å². The van der Waals surface area contributed by atoms with Crippen molar-refractivity contribution in [3.63, 3.8) is 0 Å². The highest BCUT2D eigenvalue weighted by Gasteiger charge is 2.33. The van der Waals surface area contributed by atoms with Crippen molar-refractivity contribution < 1.29 is 29.0 Å². The molecule has 2 amide bonds. The summed E-state index contributed by atoms with van der Waals surface area (Å²) >= 11 is 0. The van der Waals surface area contributed by atoms with Crippen molar-refractivity contribution in [2.75, 3.05) is 20.8 Å². The molecule has 0 spiro atoms. The van der Waals surface area contributed by atoms with E-state index in [1.54, 1.807) is 25.1 Å². The second-order valence-corrected chi connectivity index (χ2v) is 7.83. The molecule has 3 aromatic rings. The minimum Gasteiger partial charge on any atom is -0.500 e. The summed E-state index contributed by atoms with van der Waals surface area (Å²) in [5, 5.41) is 27.8. The van der Waals surface area contributed by atoms with Gasteiger partial charge in [-0.3, -0.25) is 10.1 Å². The number of nitrogens with zero attached hydrogens (tertiary/aromatic N) is 1. The molecule has 4 rings (SSSR count). The number of carbonyl (C=O) groups is 1. The lowest BCUT2D eigenvalue weighted by Crippen LogP contribution is -2.43. The maximum atomic E-state index is 12.9. The highest BCUT2D eigenvalue weighted by Crippen LogP contribution is 2.44. The average molecular weight is 492 g/mol. The van der Waals surface area contributed by atoms with Crippen molar-refractivity contribution in [3.8, 4) is 23.0 Å². The van der Waals surface area contributed by atoms with Gasteiger partial charge in [0.2, 0.25) is 5.75 Å². The van der Waals surface area contributed by atoms with Crippen molar-refractivity contribution in [1.29, 1.82) is 0 Å². The highest BCUT2D eigenvalue weighted by molar-refractivity contribution is 6.03. The Hall–Kier alpha value is -4.73. The summed E-state index contributed by atoms with van der Waals surface area (Å²) in [6.07, 6.45) is 0. The van der Waals surface area contributed by atoms with Gasteiger partial charge in [0.05, 0.1) is 37.5 Å². The Balaban J connectivity index is 2.00. The molecule has 3 aromatic carbocycles. The number of amides is 2. The zero-order chi connectivity index (χ0) is 25.8. The number of nitro benzene ring substituents is 1. The maximum absolute atomic E-state index is 12.9. The summed E-state index contributed by atoms with van der Waals surface area (Å²) in [7, 11) is 3.05.